The first kappa shape index (κ1) is 37.5. The molecule has 1 aromatic carbocycles. The van der Waals surface area contributed by atoms with E-state index in [2.05, 4.69) is 19.9 Å². The van der Waals surface area contributed by atoms with Crippen LogP contribution in [-0.4, -0.2) is 123 Å². The molecule has 282 valence electrons. The van der Waals surface area contributed by atoms with Crippen molar-refractivity contribution in [3.8, 4) is 11.5 Å². The normalized spacial score (nSPS) is 25.9. The highest BCUT2D eigenvalue weighted by Gasteiger charge is 2.48. The fourth-order valence-corrected chi connectivity index (χ4v) is 7.85. The van der Waals surface area contributed by atoms with Crippen LogP contribution >= 0.6 is 7.75 Å². The molecule has 0 aliphatic carbocycles. The van der Waals surface area contributed by atoms with Crippen molar-refractivity contribution in [2.24, 2.45) is 0 Å². The van der Waals surface area contributed by atoms with E-state index in [4.69, 9.17) is 38.5 Å². The Balaban J connectivity index is 1.24. The summed E-state index contributed by atoms with van der Waals surface area (Å²) in [7, 11) is 1.66. The molecule has 21 heteroatoms. The van der Waals surface area contributed by atoms with Gasteiger partial charge in [-0.2, -0.15) is 0 Å². The van der Waals surface area contributed by atoms with Gasteiger partial charge < -0.3 is 39.6 Å². The Morgan fingerprint density at radius 1 is 1.08 bits per heavy atom. The lowest BCUT2D eigenvalue weighted by Crippen LogP contribution is -2.39. The summed E-state index contributed by atoms with van der Waals surface area (Å²) in [4.78, 5) is 38.9. The molecule has 0 bridgehead atoms. The predicted octanol–water partition coefficient (Wildman–Crippen LogP) is 0.213. The highest BCUT2D eigenvalue weighted by molar-refractivity contribution is 7.51. The third-order valence-corrected chi connectivity index (χ3v) is 11.1. The van der Waals surface area contributed by atoms with Crippen molar-refractivity contribution in [2.75, 3.05) is 53.9 Å². The largest absolute Gasteiger partial charge is 0.493 e. The van der Waals surface area contributed by atoms with Crippen LogP contribution in [0.3, 0.4) is 0 Å². The number of aromatic nitrogens is 6. The zero-order valence-corrected chi connectivity index (χ0v) is 29.7. The number of nitrogens with one attached hydrogen (secondary N) is 1. The number of imidazole rings is 1. The average Bonchev–Trinajstić information content (AvgIpc) is 3.84. The van der Waals surface area contributed by atoms with Crippen LogP contribution < -0.4 is 26.5 Å². The summed E-state index contributed by atoms with van der Waals surface area (Å²) in [5, 5.41) is 21.5. The van der Waals surface area contributed by atoms with Crippen molar-refractivity contribution < 1.29 is 47.5 Å². The molecule has 20 nitrogen and oxygen atoms in total. The van der Waals surface area contributed by atoms with Crippen LogP contribution in [-0.2, 0) is 34.2 Å². The number of aliphatic hydroxyl groups is 2. The molecule has 4 unspecified atom stereocenters. The van der Waals surface area contributed by atoms with Gasteiger partial charge in [-0.1, -0.05) is 6.07 Å². The molecule has 2 aliphatic heterocycles. The second-order valence-electron chi connectivity index (χ2n) is 12.1. The van der Waals surface area contributed by atoms with Crippen LogP contribution in [0, 0.1) is 0 Å². The molecule has 0 amide bonds. The van der Waals surface area contributed by atoms with Gasteiger partial charge in [-0.05, 0) is 31.2 Å². The van der Waals surface area contributed by atoms with Crippen molar-refractivity contribution in [3.05, 3.63) is 69.5 Å². The SMILES string of the molecule is COc1ccc(CCN(C)P(=O)(OC[C@H]2O[C@@H](n3ccc(=O)[nH]c3=O)C(OC)C2O)OC2C[C@H](n3cnc4c(N)ncnc43)O[C@@H]2CO)cc1OC. The summed E-state index contributed by atoms with van der Waals surface area (Å²) in [6, 6.07) is 6.54. The summed E-state index contributed by atoms with van der Waals surface area (Å²) >= 11 is 0. The van der Waals surface area contributed by atoms with Gasteiger partial charge in [-0.15, -0.1) is 0 Å². The number of anilines is 1. The Morgan fingerprint density at radius 2 is 1.87 bits per heavy atom. The second kappa shape index (κ2) is 15.8. The minimum absolute atomic E-state index is 0.114. The van der Waals surface area contributed by atoms with Crippen LogP contribution in [0.2, 0.25) is 0 Å². The Bertz CT molecular complexity index is 2030. The number of fused-ring (bicyclic) bond motifs is 1. The van der Waals surface area contributed by atoms with Gasteiger partial charge in [-0.3, -0.25) is 28.0 Å². The monoisotopic (exact) mass is 748 g/mol. The highest BCUT2D eigenvalue weighted by Crippen LogP contribution is 2.55. The minimum atomic E-state index is -4.29. The van der Waals surface area contributed by atoms with Crippen molar-refractivity contribution in [1.29, 1.82) is 0 Å². The summed E-state index contributed by atoms with van der Waals surface area (Å²) in [6.45, 7) is -0.771. The standard InChI is InChI=1S/C31H41N8O12P/c1-37(9-7-17-5-6-18(45-2)19(11-17)46-3)52(44,48-14-22-26(42)27(47-4)30(50-22)38-10-8-23(41)36-31(38)43)51-20-12-24(49-21(20)13-40)39-16-35-25-28(32)33-15-34-29(25)39/h5-6,8,10-11,15-16,20-22,24,26-27,30,40,42H,7,9,12-14H2,1-4H3,(H2,32,33,34)(H,36,41,43)/t20?,21-,22-,24-,26?,27?,30-,52?/m1/s1. The first-order valence-electron chi connectivity index (χ1n) is 16.2. The molecule has 0 saturated carbocycles. The summed E-state index contributed by atoms with van der Waals surface area (Å²) in [5.74, 6) is 1.25. The predicted molar refractivity (Wildman–Crippen MR) is 182 cm³/mol. The average molecular weight is 749 g/mol. The number of methoxy groups -OCH3 is 3. The molecule has 2 saturated heterocycles. The number of H-pyrrole nitrogens is 1. The molecule has 5 N–H and O–H groups in total. The maximum absolute atomic E-state index is 14.9. The van der Waals surface area contributed by atoms with Crippen molar-refractivity contribution in [2.45, 2.75) is 55.8 Å². The van der Waals surface area contributed by atoms with Gasteiger partial charge in [0.25, 0.3) is 5.56 Å². The van der Waals surface area contributed by atoms with E-state index in [1.54, 1.807) is 23.7 Å². The van der Waals surface area contributed by atoms with Crippen LogP contribution in [0.25, 0.3) is 11.2 Å². The Kier molecular flexibility index (Phi) is 11.4. The third kappa shape index (κ3) is 7.47. The minimum Gasteiger partial charge on any atom is -0.493 e. The van der Waals surface area contributed by atoms with Crippen molar-refractivity contribution in [3.63, 3.8) is 0 Å². The van der Waals surface area contributed by atoms with E-state index >= 15 is 0 Å². The zero-order valence-electron chi connectivity index (χ0n) is 28.8. The van der Waals surface area contributed by atoms with Gasteiger partial charge in [0.2, 0.25) is 0 Å². The number of aromatic amines is 1. The fraction of sp³-hybridized carbons (Fsp3) is 0.516. The molecule has 3 aromatic heterocycles. The van der Waals surface area contributed by atoms with Gasteiger partial charge >= 0.3 is 13.4 Å². The number of hydrogen-bond donors (Lipinski definition) is 4. The number of ether oxygens (including phenoxy) is 5. The molecule has 52 heavy (non-hydrogen) atoms. The quantitative estimate of drug-likeness (QED) is 0.119. The number of nitrogen functional groups attached to an aromatic ring is 1. The van der Waals surface area contributed by atoms with Crippen LogP contribution in [0.5, 0.6) is 11.5 Å². The first-order chi connectivity index (χ1) is 25.0. The van der Waals surface area contributed by atoms with E-state index in [1.165, 1.54) is 44.9 Å². The number of rotatable bonds is 15. The Hall–Kier alpha value is -4.24. The topological polar surface area (TPSA) is 250 Å². The summed E-state index contributed by atoms with van der Waals surface area (Å²) in [6.07, 6.45) is -2.79. The van der Waals surface area contributed by atoms with E-state index in [0.29, 0.717) is 29.1 Å². The van der Waals surface area contributed by atoms with Gasteiger partial charge in [0.05, 0.1) is 33.8 Å². The molecule has 5 heterocycles. The molecule has 2 aliphatic rings. The van der Waals surface area contributed by atoms with Crippen LogP contribution in [0.4, 0.5) is 5.82 Å². The molecule has 6 rings (SSSR count). The van der Waals surface area contributed by atoms with Crippen molar-refractivity contribution in [1.82, 2.24) is 33.7 Å². The molecule has 0 radical (unpaired) electrons. The Labute approximate surface area is 296 Å². The third-order valence-electron chi connectivity index (χ3n) is 9.03. The number of aliphatic hydroxyl groups excluding tert-OH is 2. The molecule has 0 spiro atoms. The van der Waals surface area contributed by atoms with Gasteiger partial charge in [0.15, 0.2) is 29.2 Å². The number of hydrogen-bond acceptors (Lipinski definition) is 16. The second-order valence-corrected chi connectivity index (χ2v) is 14.2. The lowest BCUT2D eigenvalue weighted by atomic mass is 10.1. The van der Waals surface area contributed by atoms with Crippen molar-refractivity contribution >= 4 is 24.7 Å². The maximum Gasteiger partial charge on any atom is 0.408 e. The molecular formula is C31H41N8O12P. The van der Waals surface area contributed by atoms with E-state index in [-0.39, 0.29) is 18.8 Å². The summed E-state index contributed by atoms with van der Waals surface area (Å²) < 4.78 is 59.6. The fourth-order valence-electron chi connectivity index (χ4n) is 6.19. The summed E-state index contributed by atoms with van der Waals surface area (Å²) in [5.41, 5.74) is 6.19. The number of nitrogens with two attached hydrogens (primary N) is 1. The van der Waals surface area contributed by atoms with Crippen LogP contribution in [0.1, 0.15) is 24.4 Å². The first-order valence-corrected chi connectivity index (χ1v) is 17.7. The number of nitrogens with zero attached hydrogens (tertiary/aromatic N) is 6. The maximum atomic E-state index is 14.9. The Morgan fingerprint density at radius 3 is 2.58 bits per heavy atom. The van der Waals surface area contributed by atoms with Gasteiger partial charge in [0.1, 0.15) is 48.6 Å². The lowest BCUT2D eigenvalue weighted by Gasteiger charge is -2.31. The van der Waals surface area contributed by atoms with Gasteiger partial charge in [-0.25, -0.2) is 29.0 Å². The van der Waals surface area contributed by atoms with E-state index in [0.717, 1.165) is 16.2 Å². The zero-order chi connectivity index (χ0) is 37.2. The van der Waals surface area contributed by atoms with E-state index in [1.807, 2.05) is 6.07 Å². The highest BCUT2D eigenvalue weighted by atomic mass is 31.2. The molecular weight excluding hydrogens is 707 g/mol. The number of likely N-dealkylation sites (N-methyl/N-ethyl adjacent to an activating group) is 1. The van der Waals surface area contributed by atoms with Gasteiger partial charge in [0, 0.05) is 32.3 Å². The number of benzene rings is 1. The molecule has 2 fully saturated rings. The van der Waals surface area contributed by atoms with Crippen LogP contribution in [0.15, 0.2) is 52.7 Å². The molecule has 4 aromatic rings. The van der Waals surface area contributed by atoms with E-state index in [9.17, 15) is 24.4 Å². The molecule has 8 atom stereocenters. The smallest absolute Gasteiger partial charge is 0.408 e. The van der Waals surface area contributed by atoms with E-state index < -0.39 is 75.2 Å². The lowest BCUT2D eigenvalue weighted by molar-refractivity contribution is -0.0646.